The minimum absolute atomic E-state index is 0.278. The number of rotatable bonds is 6. The van der Waals surface area contributed by atoms with Crippen LogP contribution in [0.25, 0.3) is 33.4 Å². The van der Waals surface area contributed by atoms with Gasteiger partial charge in [0.25, 0.3) is 5.91 Å². The molecule has 7 heteroatoms. The van der Waals surface area contributed by atoms with Crippen molar-refractivity contribution in [3.63, 3.8) is 0 Å². The number of pyridine rings is 2. The van der Waals surface area contributed by atoms with Crippen LogP contribution < -0.4 is 5.32 Å². The zero-order valence-electron chi connectivity index (χ0n) is 20.8. The number of alkyl halides is 2. The minimum atomic E-state index is -3.73. The van der Waals surface area contributed by atoms with Crippen molar-refractivity contribution in [2.45, 2.75) is 25.8 Å². The number of aryl methyl sites for hydroxylation is 1. The number of hydrogen-bond donors (Lipinski definition) is 1. The molecule has 4 nitrogen and oxygen atoms in total. The van der Waals surface area contributed by atoms with Crippen LogP contribution in [0.15, 0.2) is 97.2 Å². The second kappa shape index (κ2) is 10.1. The van der Waals surface area contributed by atoms with Gasteiger partial charge in [-0.3, -0.25) is 4.79 Å². The van der Waals surface area contributed by atoms with Crippen LogP contribution in [0.3, 0.4) is 0 Å². The maximum Gasteiger partial charge on any atom is 0.349 e. The first-order valence-electron chi connectivity index (χ1n) is 12.1. The van der Waals surface area contributed by atoms with Crippen molar-refractivity contribution in [3.05, 3.63) is 120 Å². The molecule has 0 spiro atoms. The molecule has 0 radical (unpaired) electrons. The zero-order chi connectivity index (χ0) is 26.9. The smallest absolute Gasteiger partial charge is 0.344 e. The van der Waals surface area contributed by atoms with Crippen LogP contribution in [-0.2, 0) is 10.7 Å². The Morgan fingerprint density at radius 1 is 0.868 bits per heavy atom. The highest BCUT2D eigenvalue weighted by atomic mass is 19.3. The molecule has 0 unspecified atom stereocenters. The third-order valence-corrected chi connectivity index (χ3v) is 6.54. The summed E-state index contributed by atoms with van der Waals surface area (Å²) in [7, 11) is 0. The van der Waals surface area contributed by atoms with Crippen LogP contribution in [-0.4, -0.2) is 15.9 Å². The number of benzene rings is 3. The Morgan fingerprint density at radius 2 is 1.55 bits per heavy atom. The highest BCUT2D eigenvalue weighted by Gasteiger charge is 2.41. The van der Waals surface area contributed by atoms with Crippen molar-refractivity contribution in [3.8, 4) is 22.4 Å². The predicted molar refractivity (Wildman–Crippen MR) is 142 cm³/mol. The summed E-state index contributed by atoms with van der Waals surface area (Å²) < 4.78 is 43.7. The molecule has 1 amide bonds. The average Bonchev–Trinajstić information content (AvgIpc) is 2.94. The number of carbonyl (C=O) groups excluding carboxylic acids is 1. The van der Waals surface area contributed by atoms with E-state index in [4.69, 9.17) is 0 Å². The van der Waals surface area contributed by atoms with Crippen LogP contribution in [0.4, 0.5) is 13.2 Å². The number of hydrogen-bond acceptors (Lipinski definition) is 3. The van der Waals surface area contributed by atoms with Crippen molar-refractivity contribution in [2.75, 3.05) is 0 Å². The van der Waals surface area contributed by atoms with Gasteiger partial charge in [-0.15, -0.1) is 0 Å². The van der Waals surface area contributed by atoms with Crippen LogP contribution >= 0.6 is 0 Å². The van der Waals surface area contributed by atoms with E-state index < -0.39 is 23.4 Å². The number of fused-ring (bicyclic) bond motifs is 1. The lowest BCUT2D eigenvalue weighted by molar-refractivity contribution is -0.147. The first kappa shape index (κ1) is 25.1. The molecule has 0 fully saturated rings. The van der Waals surface area contributed by atoms with E-state index in [2.05, 4.69) is 15.3 Å². The van der Waals surface area contributed by atoms with Crippen LogP contribution in [0.2, 0.25) is 0 Å². The Bertz CT molecular complexity index is 1620. The number of halogens is 3. The van der Waals surface area contributed by atoms with Gasteiger partial charge in [0.1, 0.15) is 5.82 Å². The van der Waals surface area contributed by atoms with Crippen molar-refractivity contribution in [1.82, 2.24) is 15.3 Å². The van der Waals surface area contributed by atoms with Gasteiger partial charge in [-0.2, -0.15) is 8.78 Å². The van der Waals surface area contributed by atoms with Crippen molar-refractivity contribution < 1.29 is 18.0 Å². The van der Waals surface area contributed by atoms with Gasteiger partial charge in [0.05, 0.1) is 11.7 Å². The Labute approximate surface area is 218 Å². The van der Waals surface area contributed by atoms with Gasteiger partial charge in [0, 0.05) is 22.7 Å². The molecule has 3 aromatic carbocycles. The SMILES string of the molecule is Cc1cc(-c2ccc([C@H](C)NC(=O)C(F)(F)c3ccc(-c4ccc5cccnc5n4)cc3)cc2)ccc1F. The lowest BCUT2D eigenvalue weighted by Gasteiger charge is -2.21. The molecule has 2 aromatic heterocycles. The van der Waals surface area contributed by atoms with Gasteiger partial charge in [-0.1, -0.05) is 54.6 Å². The summed E-state index contributed by atoms with van der Waals surface area (Å²) in [6.07, 6.45) is 1.64. The molecule has 1 N–H and O–H groups in total. The van der Waals surface area contributed by atoms with Crippen molar-refractivity contribution in [2.24, 2.45) is 0 Å². The fraction of sp³-hybridized carbons (Fsp3) is 0.129. The molecular weight excluding hydrogens is 487 g/mol. The van der Waals surface area contributed by atoms with E-state index in [0.29, 0.717) is 28.0 Å². The largest absolute Gasteiger partial charge is 0.349 e. The summed E-state index contributed by atoms with van der Waals surface area (Å²) in [5, 5.41) is 3.30. The fourth-order valence-electron chi connectivity index (χ4n) is 4.25. The first-order valence-corrected chi connectivity index (χ1v) is 12.1. The van der Waals surface area contributed by atoms with E-state index in [0.717, 1.165) is 16.5 Å². The Kier molecular flexibility index (Phi) is 6.68. The van der Waals surface area contributed by atoms with E-state index in [9.17, 15) is 9.18 Å². The van der Waals surface area contributed by atoms with Crippen molar-refractivity contribution >= 4 is 16.9 Å². The third-order valence-electron chi connectivity index (χ3n) is 6.54. The van der Waals surface area contributed by atoms with Gasteiger partial charge in [-0.05, 0) is 72.5 Å². The average molecular weight is 512 g/mol. The Hall–Kier alpha value is -4.52. The second-order valence-corrected chi connectivity index (χ2v) is 9.18. The number of amides is 1. The first-order chi connectivity index (χ1) is 18.2. The van der Waals surface area contributed by atoms with Gasteiger partial charge < -0.3 is 5.32 Å². The molecule has 0 aliphatic carbocycles. The lowest BCUT2D eigenvalue weighted by Crippen LogP contribution is -2.39. The minimum Gasteiger partial charge on any atom is -0.344 e. The van der Waals surface area contributed by atoms with E-state index >= 15 is 8.78 Å². The Morgan fingerprint density at radius 3 is 2.26 bits per heavy atom. The second-order valence-electron chi connectivity index (χ2n) is 9.18. The maximum absolute atomic E-state index is 15.1. The van der Waals surface area contributed by atoms with Gasteiger partial charge in [0.2, 0.25) is 0 Å². The van der Waals surface area contributed by atoms with E-state index in [1.807, 2.05) is 30.3 Å². The maximum atomic E-state index is 15.1. The Balaban J connectivity index is 1.28. The number of aromatic nitrogens is 2. The normalized spacial score (nSPS) is 12.3. The number of nitrogens with zero attached hydrogens (tertiary/aromatic N) is 2. The highest BCUT2D eigenvalue weighted by Crippen LogP contribution is 2.32. The molecule has 5 aromatic rings. The molecule has 0 aliphatic rings. The summed E-state index contributed by atoms with van der Waals surface area (Å²) in [6.45, 7) is 3.34. The number of carbonyl (C=O) groups is 1. The van der Waals surface area contributed by atoms with Crippen LogP contribution in [0, 0.1) is 12.7 Å². The molecule has 5 rings (SSSR count). The van der Waals surface area contributed by atoms with E-state index in [-0.39, 0.29) is 5.82 Å². The monoisotopic (exact) mass is 511 g/mol. The molecule has 0 saturated heterocycles. The van der Waals surface area contributed by atoms with Crippen LogP contribution in [0.1, 0.15) is 29.7 Å². The van der Waals surface area contributed by atoms with E-state index in [1.165, 1.54) is 30.3 Å². The van der Waals surface area contributed by atoms with Gasteiger partial charge >= 0.3 is 5.92 Å². The molecular formula is C31H24F3N3O. The number of nitrogens with one attached hydrogen (secondary N) is 1. The summed E-state index contributed by atoms with van der Waals surface area (Å²) in [4.78, 5) is 21.3. The molecule has 38 heavy (non-hydrogen) atoms. The summed E-state index contributed by atoms with van der Waals surface area (Å²) in [5.74, 6) is -5.39. The highest BCUT2D eigenvalue weighted by molar-refractivity contribution is 5.85. The topological polar surface area (TPSA) is 54.9 Å². The van der Waals surface area contributed by atoms with E-state index in [1.54, 1.807) is 50.4 Å². The molecule has 2 heterocycles. The molecule has 0 aliphatic heterocycles. The van der Waals surface area contributed by atoms with Crippen LogP contribution in [0.5, 0.6) is 0 Å². The third kappa shape index (κ3) is 5.00. The lowest BCUT2D eigenvalue weighted by atomic mass is 9.99. The molecule has 190 valence electrons. The molecule has 1 atom stereocenters. The summed E-state index contributed by atoms with van der Waals surface area (Å²) in [6, 6.07) is 24.2. The van der Waals surface area contributed by atoms with Crippen molar-refractivity contribution in [1.29, 1.82) is 0 Å². The van der Waals surface area contributed by atoms with Gasteiger partial charge in [0.15, 0.2) is 5.65 Å². The fourth-order valence-corrected chi connectivity index (χ4v) is 4.25. The predicted octanol–water partition coefficient (Wildman–Crippen LogP) is 7.38. The zero-order valence-corrected chi connectivity index (χ0v) is 20.8. The standard InChI is InChI=1S/C31H24F3N3O/c1-19-18-25(11-15-27(19)32)22-7-5-21(6-8-22)20(2)36-30(38)31(33,34)26-13-9-23(10-14-26)28-16-12-24-4-3-17-35-29(24)37-28/h3-18,20H,1-2H3,(H,36,38)/t20-/m0/s1. The summed E-state index contributed by atoms with van der Waals surface area (Å²) in [5.41, 5.74) is 4.30. The molecule has 0 saturated carbocycles. The van der Waals surface area contributed by atoms with Gasteiger partial charge in [-0.25, -0.2) is 14.4 Å². The quantitative estimate of drug-likeness (QED) is 0.259. The molecule has 0 bridgehead atoms. The summed E-state index contributed by atoms with van der Waals surface area (Å²) >= 11 is 0.